The fourth-order valence-electron chi connectivity index (χ4n) is 2.82. The zero-order chi connectivity index (χ0) is 19.3. The molecule has 152 valence electrons. The van der Waals surface area contributed by atoms with E-state index in [0.29, 0.717) is 19.2 Å². The van der Waals surface area contributed by atoms with Crippen molar-refractivity contribution in [2.24, 2.45) is 4.99 Å². The number of nitrogens with one attached hydrogen (secondary N) is 2. The van der Waals surface area contributed by atoms with Gasteiger partial charge in [0.2, 0.25) is 0 Å². The molecule has 0 amide bonds. The first-order valence-electron chi connectivity index (χ1n) is 9.76. The molecule has 2 atom stereocenters. The summed E-state index contributed by atoms with van der Waals surface area (Å²) in [7, 11) is 1.62. The van der Waals surface area contributed by atoms with Crippen molar-refractivity contribution in [3.05, 3.63) is 29.8 Å². The normalized spacial score (nSPS) is 18.3. The average molecular weight is 380 g/mol. The molecule has 0 spiro atoms. The molecule has 7 heteroatoms. The minimum absolute atomic E-state index is 0.274. The van der Waals surface area contributed by atoms with Crippen LogP contribution >= 0.6 is 0 Å². The Hall–Kier alpha value is -1.83. The molecule has 0 saturated carbocycles. The van der Waals surface area contributed by atoms with Gasteiger partial charge < -0.3 is 30.0 Å². The number of rotatable bonds is 11. The van der Waals surface area contributed by atoms with Gasteiger partial charge in [-0.1, -0.05) is 12.1 Å². The van der Waals surface area contributed by atoms with Crippen molar-refractivity contribution in [1.82, 2.24) is 10.6 Å². The summed E-state index contributed by atoms with van der Waals surface area (Å²) < 4.78 is 16.3. The molecule has 0 aromatic heterocycles. The number of aliphatic hydroxyl groups is 1. The number of nitrogens with zero attached hydrogens (tertiary/aromatic N) is 1. The zero-order valence-electron chi connectivity index (χ0n) is 16.4. The van der Waals surface area contributed by atoms with Gasteiger partial charge in [-0.25, -0.2) is 0 Å². The van der Waals surface area contributed by atoms with Crippen molar-refractivity contribution < 1.29 is 19.3 Å². The minimum atomic E-state index is -0.652. The first kappa shape index (κ1) is 21.5. The molecule has 2 rings (SSSR count). The molecule has 2 unspecified atom stereocenters. The summed E-state index contributed by atoms with van der Waals surface area (Å²) in [5.74, 6) is 1.47. The van der Waals surface area contributed by atoms with Gasteiger partial charge in [0.05, 0.1) is 32.5 Å². The lowest BCUT2D eigenvalue weighted by atomic mass is 10.1. The Bertz CT molecular complexity index is 545. The van der Waals surface area contributed by atoms with Crippen LogP contribution in [-0.2, 0) is 9.47 Å². The van der Waals surface area contributed by atoms with Crippen LogP contribution in [0.1, 0.15) is 37.9 Å². The second-order valence-electron chi connectivity index (χ2n) is 6.50. The average Bonchev–Trinajstić information content (AvgIpc) is 3.22. The highest BCUT2D eigenvalue weighted by atomic mass is 16.5. The summed E-state index contributed by atoms with van der Waals surface area (Å²) in [4.78, 5) is 4.47. The highest BCUT2D eigenvalue weighted by Gasteiger charge is 2.14. The van der Waals surface area contributed by atoms with Crippen LogP contribution in [0.3, 0.4) is 0 Å². The van der Waals surface area contributed by atoms with Crippen molar-refractivity contribution >= 4 is 5.96 Å². The monoisotopic (exact) mass is 379 g/mol. The molecule has 3 N–H and O–H groups in total. The van der Waals surface area contributed by atoms with Gasteiger partial charge in [-0.15, -0.1) is 0 Å². The van der Waals surface area contributed by atoms with Crippen LogP contribution in [0.15, 0.2) is 29.3 Å². The smallest absolute Gasteiger partial charge is 0.191 e. The standard InChI is InChI=1S/C20H33N3O4/c1-3-21-20(22-11-5-12-26-15-18-6-4-13-27-18)23-14-19(24)16-7-9-17(25-2)10-8-16/h7-10,18-19,24H,3-6,11-15H2,1-2H3,(H2,21,22,23). The number of ether oxygens (including phenoxy) is 3. The van der Waals surface area contributed by atoms with Crippen LogP contribution in [0.25, 0.3) is 0 Å². The molecule has 1 fully saturated rings. The molecule has 0 aliphatic carbocycles. The molecule has 7 nitrogen and oxygen atoms in total. The summed E-state index contributed by atoms with van der Waals surface area (Å²) in [6, 6.07) is 7.38. The van der Waals surface area contributed by atoms with Gasteiger partial charge in [0.1, 0.15) is 5.75 Å². The molecule has 1 aliphatic heterocycles. The zero-order valence-corrected chi connectivity index (χ0v) is 16.4. The van der Waals surface area contributed by atoms with Gasteiger partial charge in [0, 0.05) is 26.3 Å². The number of aliphatic imine (C=N–C) groups is 1. The van der Waals surface area contributed by atoms with E-state index in [-0.39, 0.29) is 12.6 Å². The number of hydrogen-bond donors (Lipinski definition) is 3. The van der Waals surface area contributed by atoms with Gasteiger partial charge >= 0.3 is 0 Å². The fraction of sp³-hybridized carbons (Fsp3) is 0.650. The van der Waals surface area contributed by atoms with Crippen molar-refractivity contribution in [3.63, 3.8) is 0 Å². The lowest BCUT2D eigenvalue weighted by molar-refractivity contribution is 0.0168. The summed E-state index contributed by atoms with van der Waals surface area (Å²) in [6.07, 6.45) is 2.75. The second-order valence-corrected chi connectivity index (χ2v) is 6.50. The highest BCUT2D eigenvalue weighted by molar-refractivity contribution is 5.79. The fourth-order valence-corrected chi connectivity index (χ4v) is 2.82. The van der Waals surface area contributed by atoms with Gasteiger partial charge in [0.15, 0.2) is 5.96 Å². The van der Waals surface area contributed by atoms with Crippen LogP contribution in [0, 0.1) is 0 Å². The van der Waals surface area contributed by atoms with E-state index >= 15 is 0 Å². The van der Waals surface area contributed by atoms with Gasteiger partial charge in [-0.3, -0.25) is 4.99 Å². The van der Waals surface area contributed by atoms with Crippen LogP contribution in [0.4, 0.5) is 0 Å². The van der Waals surface area contributed by atoms with Crippen LogP contribution in [0.2, 0.25) is 0 Å². The Morgan fingerprint density at radius 3 is 2.81 bits per heavy atom. The molecular weight excluding hydrogens is 346 g/mol. The molecule has 1 heterocycles. The van der Waals surface area contributed by atoms with E-state index in [2.05, 4.69) is 15.6 Å². The molecule has 0 radical (unpaired) electrons. The molecule has 27 heavy (non-hydrogen) atoms. The maximum atomic E-state index is 10.3. The van der Waals surface area contributed by atoms with Gasteiger partial charge in [-0.05, 0) is 43.9 Å². The lowest BCUT2D eigenvalue weighted by Crippen LogP contribution is -2.38. The van der Waals surface area contributed by atoms with E-state index in [4.69, 9.17) is 14.2 Å². The van der Waals surface area contributed by atoms with E-state index in [9.17, 15) is 5.11 Å². The van der Waals surface area contributed by atoms with E-state index in [1.807, 2.05) is 31.2 Å². The maximum Gasteiger partial charge on any atom is 0.191 e. The molecule has 1 aliphatic rings. The topological polar surface area (TPSA) is 84.3 Å². The van der Waals surface area contributed by atoms with Crippen LogP contribution in [0.5, 0.6) is 5.75 Å². The van der Waals surface area contributed by atoms with E-state index in [0.717, 1.165) is 50.3 Å². The maximum absolute atomic E-state index is 10.3. The molecule has 1 saturated heterocycles. The summed E-state index contributed by atoms with van der Waals surface area (Å²) in [5.41, 5.74) is 0.818. The minimum Gasteiger partial charge on any atom is -0.497 e. The summed E-state index contributed by atoms with van der Waals surface area (Å²) in [5, 5.41) is 16.8. The molecule has 1 aromatic carbocycles. The molecule has 0 bridgehead atoms. The number of aliphatic hydroxyl groups excluding tert-OH is 1. The third-order valence-electron chi connectivity index (χ3n) is 4.35. The lowest BCUT2D eigenvalue weighted by Gasteiger charge is -2.14. The van der Waals surface area contributed by atoms with Crippen molar-refractivity contribution in [2.45, 2.75) is 38.4 Å². The Morgan fingerprint density at radius 2 is 2.15 bits per heavy atom. The third-order valence-corrected chi connectivity index (χ3v) is 4.35. The number of guanidine groups is 1. The van der Waals surface area contributed by atoms with E-state index in [1.54, 1.807) is 7.11 Å². The Morgan fingerprint density at radius 1 is 1.33 bits per heavy atom. The predicted octanol–water partition coefficient (Wildman–Crippen LogP) is 1.87. The number of benzene rings is 1. The Kier molecular flexibility index (Phi) is 9.97. The van der Waals surface area contributed by atoms with Crippen molar-refractivity contribution in [2.75, 3.05) is 46.6 Å². The van der Waals surface area contributed by atoms with E-state index in [1.165, 1.54) is 0 Å². The first-order valence-corrected chi connectivity index (χ1v) is 9.76. The third kappa shape index (κ3) is 8.15. The molecule has 1 aromatic rings. The van der Waals surface area contributed by atoms with Crippen molar-refractivity contribution in [3.8, 4) is 5.75 Å². The predicted molar refractivity (Wildman–Crippen MR) is 106 cm³/mol. The van der Waals surface area contributed by atoms with Crippen LogP contribution in [-0.4, -0.2) is 63.7 Å². The van der Waals surface area contributed by atoms with Gasteiger partial charge in [-0.2, -0.15) is 0 Å². The van der Waals surface area contributed by atoms with Crippen molar-refractivity contribution in [1.29, 1.82) is 0 Å². The quantitative estimate of drug-likeness (QED) is 0.309. The Balaban J connectivity index is 1.67. The number of hydrogen-bond acceptors (Lipinski definition) is 5. The second kappa shape index (κ2) is 12.5. The van der Waals surface area contributed by atoms with E-state index < -0.39 is 6.10 Å². The summed E-state index contributed by atoms with van der Waals surface area (Å²) in [6.45, 7) is 6.07. The highest BCUT2D eigenvalue weighted by Crippen LogP contribution is 2.17. The SMILES string of the molecule is CCNC(=NCC(O)c1ccc(OC)cc1)NCCCOCC1CCCO1. The summed E-state index contributed by atoms with van der Waals surface area (Å²) >= 11 is 0. The molecular formula is C20H33N3O4. The van der Waals surface area contributed by atoms with Gasteiger partial charge in [0.25, 0.3) is 0 Å². The number of methoxy groups -OCH3 is 1. The first-order chi connectivity index (χ1) is 13.2. The van der Waals surface area contributed by atoms with Crippen LogP contribution < -0.4 is 15.4 Å². The largest absolute Gasteiger partial charge is 0.497 e. The Labute approximate surface area is 162 Å².